The Kier molecular flexibility index (Phi) is 6.64. The number of carbonyl (C=O) groups is 2. The van der Waals surface area contributed by atoms with Crippen molar-refractivity contribution in [1.82, 2.24) is 25.0 Å². The fourth-order valence-corrected chi connectivity index (χ4v) is 3.43. The smallest absolute Gasteiger partial charge is 0.337 e. The summed E-state index contributed by atoms with van der Waals surface area (Å²) >= 11 is 0. The molecule has 2 heterocycles. The predicted octanol–water partition coefficient (Wildman–Crippen LogP) is 1.96. The van der Waals surface area contributed by atoms with E-state index in [-0.39, 0.29) is 23.8 Å². The minimum atomic E-state index is -0.324. The van der Waals surface area contributed by atoms with Gasteiger partial charge in [-0.1, -0.05) is 26.0 Å². The Morgan fingerprint density at radius 1 is 1.10 bits per heavy atom. The minimum Gasteiger partial charge on any atom is -0.465 e. The zero-order valence-electron chi connectivity index (χ0n) is 17.5. The first-order valence-corrected chi connectivity index (χ1v) is 10.0. The topological polar surface area (TPSA) is 89.3 Å². The van der Waals surface area contributed by atoms with Crippen LogP contribution in [0.4, 0.5) is 0 Å². The average Bonchev–Trinajstić information content (AvgIpc) is 3.02. The Morgan fingerprint density at radius 2 is 1.83 bits per heavy atom. The first kappa shape index (κ1) is 21.0. The number of hydrogen-bond acceptors (Lipinski definition) is 6. The van der Waals surface area contributed by atoms with E-state index in [1.165, 1.54) is 7.11 Å². The normalized spacial score (nSPS) is 15.5. The molecular formula is C21H29N5O3. The van der Waals surface area contributed by atoms with Gasteiger partial charge in [-0.3, -0.25) is 9.69 Å². The van der Waals surface area contributed by atoms with Gasteiger partial charge >= 0.3 is 5.97 Å². The summed E-state index contributed by atoms with van der Waals surface area (Å²) in [5, 5.41) is 11.7. The van der Waals surface area contributed by atoms with Gasteiger partial charge in [-0.25, -0.2) is 4.79 Å². The molecule has 0 fully saturated rings. The van der Waals surface area contributed by atoms with E-state index < -0.39 is 0 Å². The van der Waals surface area contributed by atoms with Crippen LogP contribution in [-0.2, 0) is 29.0 Å². The summed E-state index contributed by atoms with van der Waals surface area (Å²) in [5.74, 6) is 1.38. The molecule has 2 aromatic rings. The van der Waals surface area contributed by atoms with Crippen LogP contribution in [0.5, 0.6) is 0 Å². The van der Waals surface area contributed by atoms with Crippen LogP contribution < -0.4 is 5.32 Å². The predicted molar refractivity (Wildman–Crippen MR) is 108 cm³/mol. The van der Waals surface area contributed by atoms with Gasteiger partial charge in [0.15, 0.2) is 5.82 Å². The summed E-state index contributed by atoms with van der Waals surface area (Å²) < 4.78 is 6.88. The fraction of sp³-hybridized carbons (Fsp3) is 0.524. The molecule has 1 aromatic heterocycles. The second kappa shape index (κ2) is 9.17. The number of benzene rings is 1. The lowest BCUT2D eigenvalue weighted by atomic mass is 10.1. The van der Waals surface area contributed by atoms with Gasteiger partial charge in [0.05, 0.1) is 18.7 Å². The van der Waals surface area contributed by atoms with E-state index in [9.17, 15) is 9.59 Å². The standard InChI is InChI=1S/C21H29N5O3/c1-14(2)20(27)22-15(3)19-24-23-18-9-10-25(11-12-26(18)19)13-16-5-7-17(8-6-16)21(28)29-4/h5-8,14-15H,9-13H2,1-4H3,(H,22,27)/t15-/m0/s1. The van der Waals surface area contributed by atoms with Gasteiger partial charge in [0.25, 0.3) is 0 Å². The van der Waals surface area contributed by atoms with E-state index in [1.807, 2.05) is 32.9 Å². The number of rotatable bonds is 6. The van der Waals surface area contributed by atoms with E-state index in [4.69, 9.17) is 4.74 Å². The number of nitrogens with zero attached hydrogens (tertiary/aromatic N) is 4. The Hall–Kier alpha value is -2.74. The highest BCUT2D eigenvalue weighted by molar-refractivity contribution is 5.89. The summed E-state index contributed by atoms with van der Waals surface area (Å²) in [7, 11) is 1.38. The van der Waals surface area contributed by atoms with Crippen LogP contribution in [-0.4, -0.2) is 51.7 Å². The molecule has 0 bridgehead atoms. The maximum atomic E-state index is 12.0. The molecule has 1 amide bonds. The fourth-order valence-electron chi connectivity index (χ4n) is 3.43. The van der Waals surface area contributed by atoms with Gasteiger partial charge in [-0.2, -0.15) is 0 Å². The molecule has 8 nitrogen and oxygen atoms in total. The molecule has 0 saturated carbocycles. The van der Waals surface area contributed by atoms with Crippen LogP contribution in [0.15, 0.2) is 24.3 Å². The van der Waals surface area contributed by atoms with Crippen LogP contribution in [0.3, 0.4) is 0 Å². The number of methoxy groups -OCH3 is 1. The van der Waals surface area contributed by atoms with Gasteiger partial charge in [0, 0.05) is 38.5 Å². The zero-order chi connectivity index (χ0) is 21.0. The summed E-state index contributed by atoms with van der Waals surface area (Å²) in [4.78, 5) is 26.0. The van der Waals surface area contributed by atoms with Crippen LogP contribution in [0.25, 0.3) is 0 Å². The van der Waals surface area contributed by atoms with Crippen molar-refractivity contribution in [2.24, 2.45) is 5.92 Å². The molecule has 1 atom stereocenters. The third kappa shape index (κ3) is 5.00. The number of esters is 1. The van der Waals surface area contributed by atoms with E-state index in [0.29, 0.717) is 5.56 Å². The molecular weight excluding hydrogens is 370 g/mol. The van der Waals surface area contributed by atoms with E-state index in [0.717, 1.165) is 49.8 Å². The molecule has 8 heteroatoms. The van der Waals surface area contributed by atoms with Crippen molar-refractivity contribution in [3.8, 4) is 0 Å². The molecule has 0 radical (unpaired) electrons. The lowest BCUT2D eigenvalue weighted by molar-refractivity contribution is -0.124. The van der Waals surface area contributed by atoms with E-state index in [2.05, 4.69) is 25.0 Å². The quantitative estimate of drug-likeness (QED) is 0.747. The van der Waals surface area contributed by atoms with Crippen molar-refractivity contribution in [2.75, 3.05) is 20.2 Å². The van der Waals surface area contributed by atoms with Gasteiger partial charge in [0.1, 0.15) is 5.82 Å². The number of nitrogens with one attached hydrogen (secondary N) is 1. The Morgan fingerprint density at radius 3 is 2.48 bits per heavy atom. The maximum absolute atomic E-state index is 12.0. The lowest BCUT2D eigenvalue weighted by Crippen LogP contribution is -2.32. The van der Waals surface area contributed by atoms with Crippen molar-refractivity contribution in [3.05, 3.63) is 47.0 Å². The van der Waals surface area contributed by atoms with Crippen molar-refractivity contribution < 1.29 is 14.3 Å². The largest absolute Gasteiger partial charge is 0.465 e. The summed E-state index contributed by atoms with van der Waals surface area (Å²) in [6.45, 7) is 9.02. The highest BCUT2D eigenvalue weighted by Crippen LogP contribution is 2.17. The molecule has 156 valence electrons. The molecule has 0 aliphatic carbocycles. The zero-order valence-corrected chi connectivity index (χ0v) is 17.5. The van der Waals surface area contributed by atoms with Crippen molar-refractivity contribution in [2.45, 2.75) is 46.3 Å². The van der Waals surface area contributed by atoms with Crippen LogP contribution >= 0.6 is 0 Å². The number of fused-ring (bicyclic) bond motifs is 1. The summed E-state index contributed by atoms with van der Waals surface area (Å²) in [5.41, 5.74) is 1.70. The first-order chi connectivity index (χ1) is 13.9. The second-order valence-corrected chi connectivity index (χ2v) is 7.73. The van der Waals surface area contributed by atoms with Crippen molar-refractivity contribution in [3.63, 3.8) is 0 Å². The average molecular weight is 399 g/mol. The molecule has 3 rings (SSSR count). The molecule has 1 aliphatic rings. The molecule has 0 unspecified atom stereocenters. The van der Waals surface area contributed by atoms with Crippen LogP contribution in [0.2, 0.25) is 0 Å². The minimum absolute atomic E-state index is 0.0144. The van der Waals surface area contributed by atoms with E-state index in [1.54, 1.807) is 12.1 Å². The van der Waals surface area contributed by atoms with Gasteiger partial charge in [-0.15, -0.1) is 10.2 Å². The first-order valence-electron chi connectivity index (χ1n) is 10.0. The molecule has 1 aliphatic heterocycles. The highest BCUT2D eigenvalue weighted by atomic mass is 16.5. The Bertz CT molecular complexity index is 860. The number of amides is 1. The van der Waals surface area contributed by atoms with Crippen molar-refractivity contribution >= 4 is 11.9 Å². The second-order valence-electron chi connectivity index (χ2n) is 7.73. The third-order valence-electron chi connectivity index (χ3n) is 5.20. The monoisotopic (exact) mass is 399 g/mol. The molecule has 1 N–H and O–H groups in total. The maximum Gasteiger partial charge on any atom is 0.337 e. The van der Waals surface area contributed by atoms with Crippen LogP contribution in [0, 0.1) is 5.92 Å². The van der Waals surface area contributed by atoms with Crippen molar-refractivity contribution in [1.29, 1.82) is 0 Å². The Labute approximate surface area is 171 Å². The SMILES string of the molecule is COC(=O)c1ccc(CN2CCc3nnc([C@H](C)NC(=O)C(C)C)n3CC2)cc1. The number of carbonyl (C=O) groups excluding carboxylic acids is 2. The molecule has 0 saturated heterocycles. The number of hydrogen-bond donors (Lipinski definition) is 1. The lowest BCUT2D eigenvalue weighted by Gasteiger charge is -2.20. The molecule has 29 heavy (non-hydrogen) atoms. The van der Waals surface area contributed by atoms with E-state index >= 15 is 0 Å². The number of ether oxygens (including phenoxy) is 1. The highest BCUT2D eigenvalue weighted by Gasteiger charge is 2.23. The summed E-state index contributed by atoms with van der Waals surface area (Å²) in [6.07, 6.45) is 0.804. The number of aromatic nitrogens is 3. The van der Waals surface area contributed by atoms with Gasteiger partial charge < -0.3 is 14.6 Å². The van der Waals surface area contributed by atoms with Gasteiger partial charge in [-0.05, 0) is 24.6 Å². The molecule has 0 spiro atoms. The van der Waals surface area contributed by atoms with Gasteiger partial charge in [0.2, 0.25) is 5.91 Å². The third-order valence-corrected chi connectivity index (χ3v) is 5.20. The Balaban J connectivity index is 1.63. The summed E-state index contributed by atoms with van der Waals surface area (Å²) in [6, 6.07) is 7.35. The molecule has 1 aromatic carbocycles. The van der Waals surface area contributed by atoms with Crippen LogP contribution in [0.1, 0.15) is 54.4 Å².